The molecule has 0 bridgehead atoms. The number of halogens is 1. The van der Waals surface area contributed by atoms with Gasteiger partial charge in [0.15, 0.2) is 0 Å². The van der Waals surface area contributed by atoms with E-state index in [0.29, 0.717) is 12.5 Å². The van der Waals surface area contributed by atoms with Gasteiger partial charge in [-0.1, -0.05) is 43.7 Å². The second-order valence-electron chi connectivity index (χ2n) is 6.28. The summed E-state index contributed by atoms with van der Waals surface area (Å²) in [4.78, 5) is 4.78. The van der Waals surface area contributed by atoms with E-state index in [0.717, 1.165) is 30.1 Å². The van der Waals surface area contributed by atoms with Crippen LogP contribution < -0.4 is 4.74 Å². The van der Waals surface area contributed by atoms with Crippen LogP contribution in [-0.4, -0.2) is 16.2 Å². The van der Waals surface area contributed by atoms with Crippen molar-refractivity contribution in [3.05, 3.63) is 59.9 Å². The van der Waals surface area contributed by atoms with Crippen molar-refractivity contribution < 1.29 is 4.74 Å². The molecule has 0 aliphatic heterocycles. The second kappa shape index (κ2) is 8.20. The van der Waals surface area contributed by atoms with Crippen molar-refractivity contribution in [2.24, 2.45) is 0 Å². The molecule has 3 rings (SSSR count). The fraction of sp³-hybridized carbons (Fsp3) is 0.350. The number of hydrogen-bond acceptors (Lipinski definition) is 2. The molecule has 0 saturated carbocycles. The number of fused-ring (bicyclic) bond motifs is 1. The Morgan fingerprint density at radius 3 is 2.46 bits per heavy atom. The third kappa shape index (κ3) is 4.09. The van der Waals surface area contributed by atoms with Crippen molar-refractivity contribution in [2.75, 3.05) is 6.61 Å². The summed E-state index contributed by atoms with van der Waals surface area (Å²) in [6, 6.07) is 16.6. The minimum absolute atomic E-state index is 0. The monoisotopic (exact) mass is 344 g/mol. The summed E-state index contributed by atoms with van der Waals surface area (Å²) in [5, 5.41) is 0. The molecular formula is C20H25ClN2O. The number of hydrogen-bond donors (Lipinski definition) is 0. The van der Waals surface area contributed by atoms with Gasteiger partial charge in [-0.2, -0.15) is 0 Å². The average molecular weight is 345 g/mol. The highest BCUT2D eigenvalue weighted by Gasteiger charge is 2.12. The molecule has 3 aromatic rings. The molecule has 0 fully saturated rings. The summed E-state index contributed by atoms with van der Waals surface area (Å²) in [7, 11) is 0. The maximum absolute atomic E-state index is 5.84. The van der Waals surface area contributed by atoms with E-state index in [2.05, 4.69) is 55.7 Å². The summed E-state index contributed by atoms with van der Waals surface area (Å²) >= 11 is 0. The van der Waals surface area contributed by atoms with Crippen LogP contribution in [0.2, 0.25) is 0 Å². The molecule has 24 heavy (non-hydrogen) atoms. The van der Waals surface area contributed by atoms with E-state index >= 15 is 0 Å². The van der Waals surface area contributed by atoms with Gasteiger partial charge in [0.1, 0.15) is 11.6 Å². The molecule has 0 radical (unpaired) electrons. The van der Waals surface area contributed by atoms with Gasteiger partial charge in [-0.05, 0) is 37.6 Å². The van der Waals surface area contributed by atoms with E-state index in [1.165, 1.54) is 11.1 Å². The van der Waals surface area contributed by atoms with Gasteiger partial charge in [0, 0.05) is 12.5 Å². The van der Waals surface area contributed by atoms with Gasteiger partial charge in [0.2, 0.25) is 0 Å². The van der Waals surface area contributed by atoms with E-state index in [1.54, 1.807) is 0 Å². The standard InChI is InChI=1S/C20H24N2O.ClH/c1-15(2)20-21-18-7-4-5-8-19(18)22(20)13-6-14-23-17-11-9-16(3)10-12-17;/h4-5,7-12,15H,6,13-14H2,1-3H3;1H. The number of nitrogens with zero attached hydrogens (tertiary/aromatic N) is 2. The van der Waals surface area contributed by atoms with Crippen molar-refractivity contribution in [1.29, 1.82) is 0 Å². The lowest BCUT2D eigenvalue weighted by molar-refractivity contribution is 0.301. The van der Waals surface area contributed by atoms with Gasteiger partial charge in [0.05, 0.1) is 17.6 Å². The van der Waals surface area contributed by atoms with Crippen molar-refractivity contribution in [1.82, 2.24) is 9.55 Å². The Bertz CT molecular complexity index is 778. The Morgan fingerprint density at radius 1 is 1.04 bits per heavy atom. The third-order valence-corrected chi connectivity index (χ3v) is 4.02. The molecule has 0 amide bonds. The Labute approximate surface area is 150 Å². The van der Waals surface area contributed by atoms with E-state index in [4.69, 9.17) is 9.72 Å². The number of para-hydroxylation sites is 2. The van der Waals surface area contributed by atoms with Crippen LogP contribution in [0.3, 0.4) is 0 Å². The van der Waals surface area contributed by atoms with Crippen molar-refractivity contribution in [2.45, 2.75) is 39.7 Å². The fourth-order valence-electron chi connectivity index (χ4n) is 2.82. The molecule has 0 saturated heterocycles. The zero-order valence-corrected chi connectivity index (χ0v) is 15.3. The SMILES string of the molecule is Cc1ccc(OCCCn2c(C(C)C)nc3ccccc32)cc1.Cl. The molecule has 4 heteroatoms. The molecule has 0 aliphatic carbocycles. The minimum Gasteiger partial charge on any atom is -0.494 e. The van der Waals surface area contributed by atoms with Crippen LogP contribution in [0.5, 0.6) is 5.75 Å². The molecule has 1 aromatic heterocycles. The second-order valence-corrected chi connectivity index (χ2v) is 6.28. The lowest BCUT2D eigenvalue weighted by Crippen LogP contribution is -2.09. The highest BCUT2D eigenvalue weighted by Crippen LogP contribution is 2.22. The Morgan fingerprint density at radius 2 is 1.75 bits per heavy atom. The van der Waals surface area contributed by atoms with Crippen LogP contribution in [0.1, 0.15) is 37.6 Å². The molecule has 0 aliphatic rings. The van der Waals surface area contributed by atoms with Crippen LogP contribution in [0.4, 0.5) is 0 Å². The number of imidazole rings is 1. The van der Waals surface area contributed by atoms with Gasteiger partial charge in [-0.3, -0.25) is 0 Å². The average Bonchev–Trinajstić information content (AvgIpc) is 2.92. The van der Waals surface area contributed by atoms with Gasteiger partial charge < -0.3 is 9.30 Å². The first-order valence-corrected chi connectivity index (χ1v) is 8.30. The highest BCUT2D eigenvalue weighted by molar-refractivity contribution is 5.85. The Kier molecular flexibility index (Phi) is 6.27. The lowest BCUT2D eigenvalue weighted by Gasteiger charge is -2.12. The first-order valence-electron chi connectivity index (χ1n) is 8.30. The molecule has 0 N–H and O–H groups in total. The van der Waals surface area contributed by atoms with Gasteiger partial charge in [-0.25, -0.2) is 4.98 Å². The summed E-state index contributed by atoms with van der Waals surface area (Å²) in [5.74, 6) is 2.51. The normalized spacial score (nSPS) is 10.8. The van der Waals surface area contributed by atoms with E-state index < -0.39 is 0 Å². The Hall–Kier alpha value is -2.00. The molecule has 0 spiro atoms. The predicted octanol–water partition coefficient (Wildman–Crippen LogP) is 5.36. The number of aromatic nitrogens is 2. The van der Waals surface area contributed by atoms with Crippen LogP contribution in [0.25, 0.3) is 11.0 Å². The maximum atomic E-state index is 5.84. The number of rotatable bonds is 6. The summed E-state index contributed by atoms with van der Waals surface area (Å²) in [6.45, 7) is 8.12. The smallest absolute Gasteiger partial charge is 0.119 e. The fourth-order valence-corrected chi connectivity index (χ4v) is 2.82. The van der Waals surface area contributed by atoms with Gasteiger partial charge >= 0.3 is 0 Å². The number of ether oxygens (including phenoxy) is 1. The lowest BCUT2D eigenvalue weighted by atomic mass is 10.2. The molecule has 3 nitrogen and oxygen atoms in total. The van der Waals surface area contributed by atoms with Crippen molar-refractivity contribution in [3.63, 3.8) is 0 Å². The number of benzene rings is 2. The van der Waals surface area contributed by atoms with Crippen LogP contribution >= 0.6 is 12.4 Å². The first-order chi connectivity index (χ1) is 11.1. The summed E-state index contributed by atoms with van der Waals surface area (Å²) in [6.07, 6.45) is 0.966. The zero-order valence-electron chi connectivity index (χ0n) is 14.5. The summed E-state index contributed by atoms with van der Waals surface area (Å²) < 4.78 is 8.17. The number of aryl methyl sites for hydroxylation is 2. The topological polar surface area (TPSA) is 27.1 Å². The van der Waals surface area contributed by atoms with Gasteiger partial charge in [0.25, 0.3) is 0 Å². The quantitative estimate of drug-likeness (QED) is 0.563. The van der Waals surface area contributed by atoms with Crippen molar-refractivity contribution >= 4 is 23.4 Å². The minimum atomic E-state index is 0. The van der Waals surface area contributed by atoms with Crippen LogP contribution in [-0.2, 0) is 6.54 Å². The molecular weight excluding hydrogens is 320 g/mol. The predicted molar refractivity (Wildman–Crippen MR) is 102 cm³/mol. The molecule has 1 heterocycles. The summed E-state index contributed by atoms with van der Waals surface area (Å²) in [5.41, 5.74) is 3.55. The molecule has 2 aromatic carbocycles. The largest absolute Gasteiger partial charge is 0.494 e. The van der Waals surface area contributed by atoms with Crippen LogP contribution in [0.15, 0.2) is 48.5 Å². The Balaban J connectivity index is 0.00000208. The first kappa shape index (κ1) is 18.3. The molecule has 128 valence electrons. The van der Waals surface area contributed by atoms with Crippen molar-refractivity contribution in [3.8, 4) is 5.75 Å². The molecule has 0 atom stereocenters. The zero-order chi connectivity index (χ0) is 16.2. The van der Waals surface area contributed by atoms with E-state index in [1.807, 2.05) is 18.2 Å². The molecule has 0 unspecified atom stereocenters. The highest BCUT2D eigenvalue weighted by atomic mass is 35.5. The van der Waals surface area contributed by atoms with E-state index in [9.17, 15) is 0 Å². The van der Waals surface area contributed by atoms with Gasteiger partial charge in [-0.15, -0.1) is 12.4 Å². The van der Waals surface area contributed by atoms with Crippen LogP contribution in [0, 0.1) is 6.92 Å². The van der Waals surface area contributed by atoms with E-state index in [-0.39, 0.29) is 12.4 Å². The third-order valence-electron chi connectivity index (χ3n) is 4.02. The maximum Gasteiger partial charge on any atom is 0.119 e.